The number of nitrogens with zero attached hydrogens (tertiary/aromatic N) is 1. The van der Waals surface area contributed by atoms with Crippen LogP contribution in [0.25, 0.3) is 10.8 Å². The van der Waals surface area contributed by atoms with E-state index in [1.807, 2.05) is 6.07 Å². The van der Waals surface area contributed by atoms with Crippen molar-refractivity contribution in [1.29, 1.82) is 0 Å². The molecule has 1 N–H and O–H groups in total. The zero-order valence-electron chi connectivity index (χ0n) is 10.8. The average Bonchev–Trinajstić information content (AvgIpc) is 3.05. The number of methoxy groups -OCH3 is 1. The van der Waals surface area contributed by atoms with Gasteiger partial charge in [0.1, 0.15) is 0 Å². The second-order valence-corrected chi connectivity index (χ2v) is 4.80. The van der Waals surface area contributed by atoms with Crippen molar-refractivity contribution in [2.45, 2.75) is 31.5 Å². The Balaban J connectivity index is 0.000000151. The van der Waals surface area contributed by atoms with Gasteiger partial charge in [0.2, 0.25) is 5.88 Å². The third kappa shape index (κ3) is 2.33. The van der Waals surface area contributed by atoms with Crippen LogP contribution in [-0.4, -0.2) is 29.5 Å². The van der Waals surface area contributed by atoms with Gasteiger partial charge in [-0.1, -0.05) is 12.1 Å². The van der Waals surface area contributed by atoms with Crippen molar-refractivity contribution < 1.29 is 9.47 Å². The lowest BCUT2D eigenvalue weighted by molar-refractivity contribution is -0.0647. The normalized spacial score (nSPS) is 23.4. The van der Waals surface area contributed by atoms with Crippen LogP contribution in [0, 0.1) is 0 Å². The topological polar surface area (TPSA) is 64.2 Å². The maximum atomic E-state index is 11.3. The van der Waals surface area contributed by atoms with Crippen LogP contribution < -0.4 is 10.3 Å². The molecule has 5 heteroatoms. The van der Waals surface area contributed by atoms with Crippen molar-refractivity contribution in [2.75, 3.05) is 7.11 Å². The quantitative estimate of drug-likeness (QED) is 0.850. The molecule has 2 aromatic rings. The third-order valence-corrected chi connectivity index (χ3v) is 3.58. The highest BCUT2D eigenvalue weighted by Crippen LogP contribution is 2.36. The van der Waals surface area contributed by atoms with Gasteiger partial charge >= 0.3 is 0 Å². The molecular formula is C14H16N2O3. The Hall–Kier alpha value is -1.88. The molecule has 1 aromatic carbocycles. The summed E-state index contributed by atoms with van der Waals surface area (Å²) in [5.41, 5.74) is -0.198. The van der Waals surface area contributed by atoms with E-state index in [1.54, 1.807) is 18.2 Å². The maximum absolute atomic E-state index is 11.3. The Morgan fingerprint density at radius 1 is 1.26 bits per heavy atom. The van der Waals surface area contributed by atoms with E-state index in [0.29, 0.717) is 23.5 Å². The first-order valence-corrected chi connectivity index (χ1v) is 6.45. The summed E-state index contributed by atoms with van der Waals surface area (Å²) in [5, 5.41) is 7.45. The summed E-state index contributed by atoms with van der Waals surface area (Å²) in [7, 11) is 1.52. The Morgan fingerprint density at radius 2 is 1.89 bits per heavy atom. The van der Waals surface area contributed by atoms with Crippen molar-refractivity contribution in [3.63, 3.8) is 0 Å². The number of H-pyrrole nitrogens is 1. The fourth-order valence-electron chi connectivity index (χ4n) is 2.54. The fourth-order valence-corrected chi connectivity index (χ4v) is 2.54. The van der Waals surface area contributed by atoms with Gasteiger partial charge in [-0.3, -0.25) is 4.79 Å². The first kappa shape index (κ1) is 12.2. The molecule has 2 bridgehead atoms. The van der Waals surface area contributed by atoms with Gasteiger partial charge in [-0.15, -0.1) is 5.10 Å². The summed E-state index contributed by atoms with van der Waals surface area (Å²) in [4.78, 5) is 11.3. The summed E-state index contributed by atoms with van der Waals surface area (Å²) >= 11 is 0. The minimum Gasteiger partial charge on any atom is -0.480 e. The predicted molar refractivity (Wildman–Crippen MR) is 71.4 cm³/mol. The van der Waals surface area contributed by atoms with Crippen LogP contribution in [0.5, 0.6) is 5.88 Å². The lowest BCUT2D eigenvalue weighted by Gasteiger charge is -2.23. The summed E-state index contributed by atoms with van der Waals surface area (Å²) in [6, 6.07) is 7.18. The fraction of sp³-hybridized carbons (Fsp3) is 0.429. The second-order valence-electron chi connectivity index (χ2n) is 4.80. The summed E-state index contributed by atoms with van der Waals surface area (Å²) in [5.74, 6) is 0.440. The molecule has 5 rings (SSSR count). The highest BCUT2D eigenvalue weighted by molar-refractivity contribution is 5.85. The van der Waals surface area contributed by atoms with Gasteiger partial charge in [-0.2, -0.15) is 0 Å². The standard InChI is InChI=1S/C9H8N2O2.C5H8O/c1-13-9-7-5-3-2-4-6(7)8(12)10-11-9;1-2-5-3-4(1)6-5/h2-5H,1H3,(H,10,12);4-5H,1-3H2. The molecule has 2 saturated heterocycles. The highest BCUT2D eigenvalue weighted by atomic mass is 16.5. The second kappa shape index (κ2) is 5.01. The Bertz CT molecular complexity index is 618. The van der Waals surface area contributed by atoms with E-state index in [2.05, 4.69) is 10.2 Å². The summed E-state index contributed by atoms with van der Waals surface area (Å²) in [6.07, 6.45) is 5.42. The van der Waals surface area contributed by atoms with Crippen LogP contribution in [0.15, 0.2) is 29.1 Å². The monoisotopic (exact) mass is 260 g/mol. The molecule has 3 heterocycles. The zero-order chi connectivity index (χ0) is 13.2. The van der Waals surface area contributed by atoms with E-state index in [1.165, 1.54) is 26.4 Å². The summed E-state index contributed by atoms with van der Waals surface area (Å²) < 4.78 is 10.3. The van der Waals surface area contributed by atoms with Gasteiger partial charge in [0.05, 0.1) is 30.1 Å². The van der Waals surface area contributed by atoms with E-state index >= 15 is 0 Å². The number of benzene rings is 1. The largest absolute Gasteiger partial charge is 0.480 e. The number of aromatic nitrogens is 2. The third-order valence-electron chi connectivity index (χ3n) is 3.58. The average molecular weight is 260 g/mol. The van der Waals surface area contributed by atoms with Crippen molar-refractivity contribution in [3.05, 3.63) is 34.6 Å². The molecule has 0 amide bonds. The number of fused-ring (bicyclic) bond motifs is 2. The molecule has 0 spiro atoms. The molecule has 3 aliphatic rings. The predicted octanol–water partition coefficient (Wildman–Crippen LogP) is 1.87. The van der Waals surface area contributed by atoms with E-state index in [0.717, 1.165) is 5.39 Å². The summed E-state index contributed by atoms with van der Waals surface area (Å²) in [6.45, 7) is 0. The van der Waals surface area contributed by atoms with E-state index in [4.69, 9.17) is 9.47 Å². The van der Waals surface area contributed by atoms with Crippen molar-refractivity contribution in [2.24, 2.45) is 0 Å². The molecule has 19 heavy (non-hydrogen) atoms. The Labute approximate surface area is 110 Å². The molecule has 2 unspecified atom stereocenters. The van der Waals surface area contributed by atoms with Crippen molar-refractivity contribution >= 4 is 10.8 Å². The van der Waals surface area contributed by atoms with Gasteiger partial charge in [0.15, 0.2) is 0 Å². The van der Waals surface area contributed by atoms with E-state index < -0.39 is 0 Å². The van der Waals surface area contributed by atoms with Gasteiger partial charge in [0.25, 0.3) is 5.56 Å². The molecule has 2 atom stereocenters. The van der Waals surface area contributed by atoms with Crippen LogP contribution in [-0.2, 0) is 4.74 Å². The highest BCUT2D eigenvalue weighted by Gasteiger charge is 2.36. The first-order chi connectivity index (χ1) is 9.28. The van der Waals surface area contributed by atoms with Crippen LogP contribution in [0.1, 0.15) is 19.3 Å². The smallest absolute Gasteiger partial charge is 0.272 e. The molecule has 100 valence electrons. The number of ether oxygens (including phenoxy) is 2. The molecule has 5 nitrogen and oxygen atoms in total. The van der Waals surface area contributed by atoms with Crippen molar-refractivity contribution in [3.8, 4) is 5.88 Å². The maximum Gasteiger partial charge on any atom is 0.272 e. The molecule has 1 aromatic heterocycles. The van der Waals surface area contributed by atoms with Gasteiger partial charge in [-0.25, -0.2) is 5.10 Å². The van der Waals surface area contributed by atoms with Gasteiger partial charge < -0.3 is 9.47 Å². The number of rotatable bonds is 1. The van der Waals surface area contributed by atoms with Crippen LogP contribution in [0.4, 0.5) is 0 Å². The van der Waals surface area contributed by atoms with Crippen molar-refractivity contribution in [1.82, 2.24) is 10.2 Å². The van der Waals surface area contributed by atoms with Crippen LogP contribution in [0.3, 0.4) is 0 Å². The van der Waals surface area contributed by atoms with Crippen LogP contribution in [0.2, 0.25) is 0 Å². The molecule has 1 aliphatic carbocycles. The van der Waals surface area contributed by atoms with Crippen LogP contribution >= 0.6 is 0 Å². The number of hydrogen-bond acceptors (Lipinski definition) is 4. The number of nitrogens with one attached hydrogen (secondary N) is 1. The molecule has 1 saturated carbocycles. The molecule has 3 fully saturated rings. The Morgan fingerprint density at radius 3 is 2.42 bits per heavy atom. The SMILES string of the molecule is C1CC2CC1O2.COc1n[nH]c(=O)c2ccccc12. The minimum absolute atomic E-state index is 0.198. The molecule has 2 aliphatic heterocycles. The molecular weight excluding hydrogens is 244 g/mol. The minimum atomic E-state index is -0.198. The van der Waals surface area contributed by atoms with E-state index in [-0.39, 0.29) is 5.56 Å². The van der Waals surface area contributed by atoms with E-state index in [9.17, 15) is 4.79 Å². The lowest BCUT2D eigenvalue weighted by Crippen LogP contribution is -2.25. The Kier molecular flexibility index (Phi) is 3.21. The lowest BCUT2D eigenvalue weighted by atomic mass is 10.2. The zero-order valence-corrected chi connectivity index (χ0v) is 10.8. The number of aromatic amines is 1. The van der Waals surface area contributed by atoms with Gasteiger partial charge in [0, 0.05) is 0 Å². The first-order valence-electron chi connectivity index (χ1n) is 6.45. The van der Waals surface area contributed by atoms with Gasteiger partial charge in [-0.05, 0) is 31.4 Å². The number of hydrogen-bond donors (Lipinski definition) is 1. The molecule has 0 radical (unpaired) electrons.